The molecule has 1 aromatic heterocycles. The van der Waals surface area contributed by atoms with Crippen LogP contribution in [0.1, 0.15) is 36.7 Å². The molecule has 0 fully saturated rings. The normalized spacial score (nSPS) is 13.1. The Hall–Kier alpha value is -2.97. The van der Waals surface area contributed by atoms with Crippen molar-refractivity contribution in [1.82, 2.24) is 0 Å². The highest BCUT2D eigenvalue weighted by Crippen LogP contribution is 2.36. The van der Waals surface area contributed by atoms with Crippen LogP contribution < -0.4 is 10.6 Å². The van der Waals surface area contributed by atoms with Gasteiger partial charge in [-0.3, -0.25) is 14.7 Å². The Morgan fingerprint density at radius 3 is 2.34 bits per heavy atom. The summed E-state index contributed by atoms with van der Waals surface area (Å²) in [7, 11) is -3.52. The number of carbonyl (C=O) groups excluding carboxylic acids is 2. The SMILES string of the molecule is CC(C)(C)OC(=O)Nc1ccc(-c2cccs2)cc1NC(=O)c1ccc(CCOP(C)(=O)O)cc1. The second-order valence-corrected chi connectivity index (χ2v) is 11.7. The van der Waals surface area contributed by atoms with Crippen molar-refractivity contribution in [2.45, 2.75) is 32.8 Å². The molecule has 2 amide bonds. The van der Waals surface area contributed by atoms with E-state index in [9.17, 15) is 19.0 Å². The Morgan fingerprint density at radius 2 is 1.74 bits per heavy atom. The van der Waals surface area contributed by atoms with Gasteiger partial charge < -0.3 is 19.5 Å². The minimum Gasteiger partial charge on any atom is -0.444 e. The maximum atomic E-state index is 13.0. The molecule has 0 spiro atoms. The summed E-state index contributed by atoms with van der Waals surface area (Å²) in [5.41, 5.74) is 2.37. The molecule has 3 rings (SSSR count). The summed E-state index contributed by atoms with van der Waals surface area (Å²) in [6, 6.07) is 16.2. The van der Waals surface area contributed by atoms with Crippen molar-refractivity contribution in [3.05, 3.63) is 71.1 Å². The van der Waals surface area contributed by atoms with Gasteiger partial charge in [-0.05, 0) is 74.0 Å². The van der Waals surface area contributed by atoms with Crippen molar-refractivity contribution >= 4 is 42.3 Å². The Kier molecular flexibility index (Phi) is 8.51. The van der Waals surface area contributed by atoms with Crippen LogP contribution in [0.3, 0.4) is 0 Å². The van der Waals surface area contributed by atoms with Gasteiger partial charge in [0.15, 0.2) is 0 Å². The molecule has 0 saturated carbocycles. The third-order valence-electron chi connectivity index (χ3n) is 4.65. The van der Waals surface area contributed by atoms with Crippen LogP contribution in [-0.4, -0.2) is 35.8 Å². The van der Waals surface area contributed by atoms with Gasteiger partial charge >= 0.3 is 13.7 Å². The minimum absolute atomic E-state index is 0.102. The summed E-state index contributed by atoms with van der Waals surface area (Å²) in [4.78, 5) is 35.6. The number of nitrogens with one attached hydrogen (secondary N) is 2. The molecule has 0 aliphatic carbocycles. The molecular formula is C25H29N2O6PS. The average Bonchev–Trinajstić information content (AvgIpc) is 3.28. The number of anilines is 2. The van der Waals surface area contributed by atoms with Gasteiger partial charge in [0.05, 0.1) is 18.0 Å². The summed E-state index contributed by atoms with van der Waals surface area (Å²) in [6.07, 6.45) is -0.185. The van der Waals surface area contributed by atoms with Crippen molar-refractivity contribution in [3.63, 3.8) is 0 Å². The smallest absolute Gasteiger partial charge is 0.412 e. The fraction of sp³-hybridized carbons (Fsp3) is 0.280. The largest absolute Gasteiger partial charge is 0.444 e. The fourth-order valence-corrected chi connectivity index (χ4v) is 4.27. The standard InChI is InChI=1S/C25H29N2O6PS/c1-25(2,3)33-24(29)27-20-12-11-19(22-6-5-15-35-22)16-21(20)26-23(28)18-9-7-17(8-10-18)13-14-32-34(4,30)31/h5-12,15-16H,13-14H2,1-4H3,(H,26,28)(H,27,29)(H,30,31). The molecule has 1 atom stereocenters. The number of ether oxygens (including phenoxy) is 1. The second-order valence-electron chi connectivity index (χ2n) is 8.90. The first kappa shape index (κ1) is 26.6. The highest BCUT2D eigenvalue weighted by Gasteiger charge is 2.19. The van der Waals surface area contributed by atoms with E-state index in [0.717, 1.165) is 22.7 Å². The molecule has 1 heterocycles. The second kappa shape index (κ2) is 11.2. The number of carbonyl (C=O) groups is 2. The topological polar surface area (TPSA) is 114 Å². The van der Waals surface area contributed by atoms with Crippen LogP contribution in [0, 0.1) is 0 Å². The van der Waals surface area contributed by atoms with Crippen LogP contribution in [-0.2, 0) is 20.2 Å². The van der Waals surface area contributed by atoms with Gasteiger partial charge in [-0.25, -0.2) is 4.79 Å². The molecule has 1 unspecified atom stereocenters. The van der Waals surface area contributed by atoms with Gasteiger partial charge in [0.25, 0.3) is 5.91 Å². The zero-order valence-electron chi connectivity index (χ0n) is 20.0. The monoisotopic (exact) mass is 516 g/mol. The van der Waals surface area contributed by atoms with Crippen LogP contribution in [0.2, 0.25) is 0 Å². The zero-order valence-corrected chi connectivity index (χ0v) is 21.7. The highest BCUT2D eigenvalue weighted by atomic mass is 32.1. The molecule has 35 heavy (non-hydrogen) atoms. The van der Waals surface area contributed by atoms with Crippen LogP contribution >= 0.6 is 18.9 Å². The number of thiophene rings is 1. The fourth-order valence-electron chi connectivity index (χ4n) is 3.12. The number of amides is 2. The van der Waals surface area contributed by atoms with Crippen molar-refractivity contribution in [1.29, 1.82) is 0 Å². The molecule has 0 aliphatic rings. The molecule has 2 aromatic carbocycles. The van der Waals surface area contributed by atoms with Crippen molar-refractivity contribution < 1.29 is 28.3 Å². The Bertz CT molecular complexity index is 1210. The van der Waals surface area contributed by atoms with E-state index in [1.54, 1.807) is 68.5 Å². The lowest BCUT2D eigenvalue weighted by molar-refractivity contribution is 0.0635. The Labute approximate surface area is 208 Å². The molecule has 8 nitrogen and oxygen atoms in total. The predicted molar refractivity (Wildman–Crippen MR) is 139 cm³/mol. The molecule has 0 radical (unpaired) electrons. The highest BCUT2D eigenvalue weighted by molar-refractivity contribution is 7.51. The Balaban J connectivity index is 1.77. The number of rotatable bonds is 8. The number of hydrogen-bond acceptors (Lipinski definition) is 6. The molecule has 3 N–H and O–H groups in total. The van der Waals surface area contributed by atoms with Gasteiger partial charge in [0, 0.05) is 17.1 Å². The zero-order chi connectivity index (χ0) is 25.6. The summed E-state index contributed by atoms with van der Waals surface area (Å²) >= 11 is 1.57. The average molecular weight is 517 g/mol. The van der Waals surface area contributed by atoms with Crippen LogP contribution in [0.25, 0.3) is 10.4 Å². The van der Waals surface area contributed by atoms with E-state index in [2.05, 4.69) is 10.6 Å². The third-order valence-corrected chi connectivity index (χ3v) is 6.23. The van der Waals surface area contributed by atoms with E-state index in [1.165, 1.54) is 0 Å². The quantitative estimate of drug-likeness (QED) is 0.299. The predicted octanol–water partition coefficient (Wildman–Crippen LogP) is 6.39. The molecule has 10 heteroatoms. The van der Waals surface area contributed by atoms with Gasteiger partial charge in [-0.1, -0.05) is 24.3 Å². The maximum absolute atomic E-state index is 13.0. The van der Waals surface area contributed by atoms with Crippen LogP contribution in [0.15, 0.2) is 60.0 Å². The van der Waals surface area contributed by atoms with E-state index >= 15 is 0 Å². The van der Waals surface area contributed by atoms with E-state index < -0.39 is 19.3 Å². The first-order valence-corrected chi connectivity index (χ1v) is 13.8. The lowest BCUT2D eigenvalue weighted by Crippen LogP contribution is -2.27. The van der Waals surface area contributed by atoms with Gasteiger partial charge in [0.2, 0.25) is 0 Å². The van der Waals surface area contributed by atoms with E-state index in [-0.39, 0.29) is 12.5 Å². The molecule has 186 valence electrons. The maximum Gasteiger partial charge on any atom is 0.412 e. The summed E-state index contributed by atoms with van der Waals surface area (Å²) in [5, 5.41) is 7.56. The molecule has 0 bridgehead atoms. The van der Waals surface area contributed by atoms with Gasteiger partial charge in [-0.2, -0.15) is 0 Å². The van der Waals surface area contributed by atoms with Gasteiger partial charge in [0.1, 0.15) is 5.60 Å². The first-order chi connectivity index (χ1) is 16.4. The number of benzene rings is 2. The van der Waals surface area contributed by atoms with Gasteiger partial charge in [-0.15, -0.1) is 11.3 Å². The molecular weight excluding hydrogens is 487 g/mol. The van der Waals surface area contributed by atoms with Crippen LogP contribution in [0.5, 0.6) is 0 Å². The summed E-state index contributed by atoms with van der Waals surface area (Å²) in [6.45, 7) is 6.56. The van der Waals surface area contributed by atoms with E-state index in [0.29, 0.717) is 23.4 Å². The molecule has 3 aromatic rings. The molecule has 0 aliphatic heterocycles. The molecule has 0 saturated heterocycles. The summed E-state index contributed by atoms with van der Waals surface area (Å²) in [5.74, 6) is -0.350. The van der Waals surface area contributed by atoms with Crippen molar-refractivity contribution in [3.8, 4) is 10.4 Å². The lowest BCUT2D eigenvalue weighted by atomic mass is 10.1. The first-order valence-electron chi connectivity index (χ1n) is 10.9. The summed E-state index contributed by atoms with van der Waals surface area (Å²) < 4.78 is 21.5. The minimum atomic E-state index is -3.52. The lowest BCUT2D eigenvalue weighted by Gasteiger charge is -2.21. The number of hydrogen-bond donors (Lipinski definition) is 3. The Morgan fingerprint density at radius 1 is 1.03 bits per heavy atom. The van der Waals surface area contributed by atoms with E-state index in [4.69, 9.17) is 9.26 Å². The van der Waals surface area contributed by atoms with Crippen molar-refractivity contribution in [2.75, 3.05) is 23.9 Å². The van der Waals surface area contributed by atoms with E-state index in [1.807, 2.05) is 23.6 Å². The third kappa shape index (κ3) is 8.64. The van der Waals surface area contributed by atoms with Crippen molar-refractivity contribution in [2.24, 2.45) is 0 Å². The van der Waals surface area contributed by atoms with Crippen LogP contribution in [0.4, 0.5) is 16.2 Å².